The van der Waals surface area contributed by atoms with E-state index < -0.39 is 18.1 Å². The predicted octanol–water partition coefficient (Wildman–Crippen LogP) is 1.84. The second-order valence-corrected chi connectivity index (χ2v) is 5.27. The smallest absolute Gasteiger partial charge is 0.387 e. The van der Waals surface area contributed by atoms with Crippen LogP contribution in [0.5, 0.6) is 5.75 Å². The maximum Gasteiger partial charge on any atom is 0.387 e. The summed E-state index contributed by atoms with van der Waals surface area (Å²) in [6, 6.07) is 6.25. The highest BCUT2D eigenvalue weighted by Gasteiger charge is 2.43. The molecule has 116 valence electrons. The van der Waals surface area contributed by atoms with E-state index in [0.29, 0.717) is 18.5 Å². The number of para-hydroxylation sites is 1. The van der Waals surface area contributed by atoms with Crippen LogP contribution in [-0.4, -0.2) is 41.2 Å². The van der Waals surface area contributed by atoms with Crippen molar-refractivity contribution in [2.75, 3.05) is 13.1 Å². The molecule has 1 aromatic carbocycles. The minimum absolute atomic E-state index is 0.102. The molecule has 5 nitrogen and oxygen atoms in total. The number of ether oxygens (including phenoxy) is 1. The van der Waals surface area contributed by atoms with Crippen molar-refractivity contribution < 1.29 is 23.4 Å². The van der Waals surface area contributed by atoms with Crippen LogP contribution in [0.3, 0.4) is 0 Å². The minimum atomic E-state index is -2.90. The van der Waals surface area contributed by atoms with Crippen LogP contribution in [0.1, 0.15) is 24.9 Å². The zero-order valence-electron chi connectivity index (χ0n) is 11.6. The van der Waals surface area contributed by atoms with Crippen molar-refractivity contribution in [3.63, 3.8) is 0 Å². The molecular formula is C14H18F2N2O3. The molecule has 0 saturated carbocycles. The quantitative estimate of drug-likeness (QED) is 0.867. The van der Waals surface area contributed by atoms with Crippen molar-refractivity contribution in [2.45, 2.75) is 31.5 Å². The molecule has 0 aliphatic carbocycles. The summed E-state index contributed by atoms with van der Waals surface area (Å²) in [6.45, 7) is -0.412. The lowest BCUT2D eigenvalue weighted by Crippen LogP contribution is -2.50. The van der Waals surface area contributed by atoms with Crippen LogP contribution in [0.25, 0.3) is 0 Å². The third-order valence-electron chi connectivity index (χ3n) is 3.89. The number of rotatable bonds is 5. The third kappa shape index (κ3) is 3.30. The summed E-state index contributed by atoms with van der Waals surface area (Å²) in [6.07, 6.45) is 0.324. The highest BCUT2D eigenvalue weighted by molar-refractivity contribution is 5.79. The van der Waals surface area contributed by atoms with Gasteiger partial charge in [0, 0.05) is 24.7 Å². The van der Waals surface area contributed by atoms with E-state index in [1.165, 1.54) is 6.07 Å². The van der Waals surface area contributed by atoms with Crippen LogP contribution in [0, 0.1) is 0 Å². The standard InChI is InChI=1S/C14H18F2N2O3/c1-9(18-7-6-14(17,8-18)12(19)20)10-4-2-3-5-11(10)21-13(15)16/h2-5,9,13H,6-8,17H2,1H3,(H,19,20). The van der Waals surface area contributed by atoms with Crippen LogP contribution in [0.2, 0.25) is 0 Å². The highest BCUT2D eigenvalue weighted by atomic mass is 19.3. The fraction of sp³-hybridized carbons (Fsp3) is 0.500. The topological polar surface area (TPSA) is 75.8 Å². The van der Waals surface area contributed by atoms with Gasteiger partial charge in [-0.3, -0.25) is 9.69 Å². The second kappa shape index (κ2) is 5.95. The number of nitrogens with two attached hydrogens (primary N) is 1. The Balaban J connectivity index is 2.18. The average molecular weight is 300 g/mol. The molecule has 1 saturated heterocycles. The monoisotopic (exact) mass is 300 g/mol. The van der Waals surface area contributed by atoms with E-state index in [1.54, 1.807) is 18.2 Å². The Labute approximate surface area is 121 Å². The van der Waals surface area contributed by atoms with Crippen LogP contribution in [0.4, 0.5) is 8.78 Å². The Morgan fingerprint density at radius 2 is 2.14 bits per heavy atom. The van der Waals surface area contributed by atoms with E-state index in [4.69, 9.17) is 10.8 Å². The normalized spacial score (nSPS) is 24.2. The van der Waals surface area contributed by atoms with Gasteiger partial charge in [-0.05, 0) is 19.4 Å². The van der Waals surface area contributed by atoms with Gasteiger partial charge in [0.25, 0.3) is 0 Å². The van der Waals surface area contributed by atoms with Gasteiger partial charge in [0.1, 0.15) is 11.3 Å². The first-order valence-corrected chi connectivity index (χ1v) is 6.63. The molecule has 3 N–H and O–H groups in total. The van der Waals surface area contributed by atoms with Crippen molar-refractivity contribution >= 4 is 5.97 Å². The van der Waals surface area contributed by atoms with Gasteiger partial charge in [0.15, 0.2) is 0 Å². The van der Waals surface area contributed by atoms with E-state index in [2.05, 4.69) is 4.74 Å². The van der Waals surface area contributed by atoms with Crippen LogP contribution < -0.4 is 10.5 Å². The molecule has 2 atom stereocenters. The number of alkyl halides is 2. The summed E-state index contributed by atoms with van der Waals surface area (Å²) in [4.78, 5) is 13.0. The number of halogens is 2. The van der Waals surface area contributed by atoms with Gasteiger partial charge in [-0.15, -0.1) is 0 Å². The Bertz CT molecular complexity index is 527. The fourth-order valence-electron chi connectivity index (χ4n) is 2.59. The zero-order chi connectivity index (χ0) is 15.6. The maximum atomic E-state index is 12.4. The zero-order valence-corrected chi connectivity index (χ0v) is 11.6. The summed E-state index contributed by atoms with van der Waals surface area (Å²) in [5, 5.41) is 9.14. The number of carboxylic acids is 1. The molecule has 0 aromatic heterocycles. The third-order valence-corrected chi connectivity index (χ3v) is 3.89. The van der Waals surface area contributed by atoms with Crippen molar-refractivity contribution in [1.82, 2.24) is 4.90 Å². The van der Waals surface area contributed by atoms with Gasteiger partial charge >= 0.3 is 12.6 Å². The number of carbonyl (C=O) groups is 1. The number of nitrogens with zero attached hydrogens (tertiary/aromatic N) is 1. The first-order valence-electron chi connectivity index (χ1n) is 6.63. The largest absolute Gasteiger partial charge is 0.480 e. The predicted molar refractivity (Wildman–Crippen MR) is 72.2 cm³/mol. The first kappa shape index (κ1) is 15.7. The molecule has 1 aromatic rings. The number of likely N-dealkylation sites (tertiary alicyclic amines) is 1. The van der Waals surface area contributed by atoms with Gasteiger partial charge in [-0.1, -0.05) is 18.2 Å². The number of hydrogen-bond acceptors (Lipinski definition) is 4. The molecule has 1 fully saturated rings. The van der Waals surface area contributed by atoms with Crippen molar-refractivity contribution in [3.8, 4) is 5.75 Å². The summed E-state index contributed by atoms with van der Waals surface area (Å²) in [5.74, 6) is -0.945. The van der Waals surface area contributed by atoms with E-state index in [-0.39, 0.29) is 18.3 Å². The lowest BCUT2D eigenvalue weighted by molar-refractivity contribution is -0.142. The average Bonchev–Trinajstić information content (AvgIpc) is 2.82. The van der Waals surface area contributed by atoms with Gasteiger partial charge in [0.2, 0.25) is 0 Å². The molecular weight excluding hydrogens is 282 g/mol. The van der Waals surface area contributed by atoms with Crippen LogP contribution in [-0.2, 0) is 4.79 Å². The summed E-state index contributed by atoms with van der Waals surface area (Å²) in [5.41, 5.74) is 5.14. The molecule has 2 unspecified atom stereocenters. The molecule has 1 heterocycles. The van der Waals surface area contributed by atoms with E-state index in [9.17, 15) is 13.6 Å². The first-order chi connectivity index (χ1) is 9.83. The van der Waals surface area contributed by atoms with Gasteiger partial charge < -0.3 is 15.6 Å². The van der Waals surface area contributed by atoms with Crippen molar-refractivity contribution in [1.29, 1.82) is 0 Å². The van der Waals surface area contributed by atoms with Crippen LogP contribution >= 0.6 is 0 Å². The van der Waals surface area contributed by atoms with Gasteiger partial charge in [-0.25, -0.2) is 0 Å². The minimum Gasteiger partial charge on any atom is -0.480 e. The summed E-state index contributed by atoms with van der Waals surface area (Å²) >= 11 is 0. The molecule has 7 heteroatoms. The molecule has 0 radical (unpaired) electrons. The Kier molecular flexibility index (Phi) is 4.43. The van der Waals surface area contributed by atoms with Crippen molar-refractivity contribution in [2.24, 2.45) is 5.73 Å². The number of hydrogen-bond donors (Lipinski definition) is 2. The number of benzene rings is 1. The van der Waals surface area contributed by atoms with E-state index in [1.807, 2.05) is 11.8 Å². The molecule has 1 aliphatic heterocycles. The Morgan fingerprint density at radius 3 is 2.71 bits per heavy atom. The van der Waals surface area contributed by atoms with Crippen LogP contribution in [0.15, 0.2) is 24.3 Å². The molecule has 21 heavy (non-hydrogen) atoms. The molecule has 1 aliphatic rings. The number of carboxylic acid groups (broad SMARTS) is 1. The lowest BCUT2D eigenvalue weighted by atomic mass is 10.0. The SMILES string of the molecule is CC(c1ccccc1OC(F)F)N1CCC(N)(C(=O)O)C1. The van der Waals surface area contributed by atoms with E-state index in [0.717, 1.165) is 0 Å². The van der Waals surface area contributed by atoms with Gasteiger partial charge in [0.05, 0.1) is 0 Å². The maximum absolute atomic E-state index is 12.4. The highest BCUT2D eigenvalue weighted by Crippen LogP contribution is 2.34. The fourth-order valence-corrected chi connectivity index (χ4v) is 2.59. The van der Waals surface area contributed by atoms with E-state index >= 15 is 0 Å². The van der Waals surface area contributed by atoms with Crippen molar-refractivity contribution in [3.05, 3.63) is 29.8 Å². The Morgan fingerprint density at radius 1 is 1.48 bits per heavy atom. The molecule has 0 spiro atoms. The second-order valence-electron chi connectivity index (χ2n) is 5.27. The lowest BCUT2D eigenvalue weighted by Gasteiger charge is -2.27. The molecule has 0 amide bonds. The summed E-state index contributed by atoms with van der Waals surface area (Å²) in [7, 11) is 0. The van der Waals surface area contributed by atoms with Gasteiger partial charge in [-0.2, -0.15) is 8.78 Å². The number of aliphatic carboxylic acids is 1. The molecule has 0 bridgehead atoms. The summed E-state index contributed by atoms with van der Waals surface area (Å²) < 4.78 is 29.4. The molecule has 2 rings (SSSR count). The Hall–Kier alpha value is -1.73.